The predicted octanol–water partition coefficient (Wildman–Crippen LogP) is 3.51. The third-order valence-corrected chi connectivity index (χ3v) is 5.39. The molecule has 2 aromatic carbocycles. The monoisotopic (exact) mass is 399 g/mol. The van der Waals surface area contributed by atoms with Crippen LogP contribution in [0.15, 0.2) is 71.8 Å². The minimum atomic E-state index is -3.63. The molecule has 0 saturated carbocycles. The summed E-state index contributed by atoms with van der Waals surface area (Å²) in [5.41, 5.74) is 1.38. The largest absolute Gasteiger partial charge is 0.493 e. The van der Waals surface area contributed by atoms with E-state index in [1.165, 1.54) is 18.3 Å². The van der Waals surface area contributed by atoms with Gasteiger partial charge in [-0.15, -0.1) is 0 Å². The van der Waals surface area contributed by atoms with Crippen LogP contribution in [0.3, 0.4) is 0 Å². The van der Waals surface area contributed by atoms with Crippen molar-refractivity contribution in [2.24, 2.45) is 0 Å². The summed E-state index contributed by atoms with van der Waals surface area (Å²) in [6, 6.07) is 17.2. The van der Waals surface area contributed by atoms with Crippen LogP contribution in [0.25, 0.3) is 0 Å². The lowest BCUT2D eigenvalue weighted by Crippen LogP contribution is -2.13. The van der Waals surface area contributed by atoms with Gasteiger partial charge >= 0.3 is 0 Å². The van der Waals surface area contributed by atoms with Gasteiger partial charge in [-0.2, -0.15) is 0 Å². The lowest BCUT2D eigenvalue weighted by Gasteiger charge is -2.11. The summed E-state index contributed by atoms with van der Waals surface area (Å²) < 4.78 is 37.7. The summed E-state index contributed by atoms with van der Waals surface area (Å²) in [5.74, 6) is 1.94. The molecule has 0 aliphatic rings. The molecule has 1 aromatic heterocycles. The SMILES string of the molecule is COc1ccc(CNc2ccc(NS(=O)(=O)c3ccccc3)cn2)cc1OC. The second-order valence-corrected chi connectivity index (χ2v) is 7.58. The number of methoxy groups -OCH3 is 2. The molecule has 28 heavy (non-hydrogen) atoms. The summed E-state index contributed by atoms with van der Waals surface area (Å²) >= 11 is 0. The summed E-state index contributed by atoms with van der Waals surface area (Å²) in [6.07, 6.45) is 1.47. The molecule has 3 rings (SSSR count). The summed E-state index contributed by atoms with van der Waals surface area (Å²) in [5, 5.41) is 3.19. The van der Waals surface area contributed by atoms with Crippen molar-refractivity contribution in [3.63, 3.8) is 0 Å². The standard InChI is InChI=1S/C20H21N3O4S/c1-26-18-10-8-15(12-19(18)27-2)13-21-20-11-9-16(14-22-20)23-28(24,25)17-6-4-3-5-7-17/h3-12,14,23H,13H2,1-2H3,(H,21,22). The molecule has 0 atom stereocenters. The molecule has 2 N–H and O–H groups in total. The first-order chi connectivity index (χ1) is 13.5. The minimum absolute atomic E-state index is 0.200. The molecule has 146 valence electrons. The van der Waals surface area contributed by atoms with Gasteiger partial charge in [-0.3, -0.25) is 4.72 Å². The van der Waals surface area contributed by atoms with Crippen LogP contribution in [0.5, 0.6) is 11.5 Å². The van der Waals surface area contributed by atoms with Gasteiger partial charge in [0.15, 0.2) is 11.5 Å². The van der Waals surface area contributed by atoms with Gasteiger partial charge in [0.1, 0.15) is 5.82 Å². The maximum absolute atomic E-state index is 12.3. The summed E-state index contributed by atoms with van der Waals surface area (Å²) in [4.78, 5) is 4.45. The van der Waals surface area contributed by atoms with Gasteiger partial charge in [-0.05, 0) is 42.0 Å². The van der Waals surface area contributed by atoms with Crippen LogP contribution in [-0.4, -0.2) is 27.6 Å². The van der Waals surface area contributed by atoms with E-state index in [1.54, 1.807) is 44.6 Å². The second kappa shape index (κ2) is 8.62. The van der Waals surface area contributed by atoms with Crippen molar-refractivity contribution in [1.29, 1.82) is 0 Å². The van der Waals surface area contributed by atoms with Gasteiger partial charge in [0.05, 0.1) is 31.0 Å². The Labute approximate surface area is 164 Å². The Balaban J connectivity index is 1.63. The van der Waals surface area contributed by atoms with Gasteiger partial charge in [0.2, 0.25) is 0 Å². The zero-order valence-electron chi connectivity index (χ0n) is 15.5. The molecule has 0 unspecified atom stereocenters. The van der Waals surface area contributed by atoms with Crippen LogP contribution < -0.4 is 19.5 Å². The number of rotatable bonds is 8. The summed E-state index contributed by atoms with van der Waals surface area (Å²) in [7, 11) is -0.452. The van der Waals surface area contributed by atoms with E-state index in [1.807, 2.05) is 18.2 Å². The van der Waals surface area contributed by atoms with Crippen molar-refractivity contribution in [3.8, 4) is 11.5 Å². The Kier molecular flexibility index (Phi) is 6.00. The van der Waals surface area contributed by atoms with E-state index in [0.29, 0.717) is 29.5 Å². The molecule has 1 heterocycles. The second-order valence-electron chi connectivity index (χ2n) is 5.89. The van der Waals surface area contributed by atoms with Crippen molar-refractivity contribution >= 4 is 21.5 Å². The lowest BCUT2D eigenvalue weighted by atomic mass is 10.2. The lowest BCUT2D eigenvalue weighted by molar-refractivity contribution is 0.354. The molecular weight excluding hydrogens is 378 g/mol. The highest BCUT2D eigenvalue weighted by Gasteiger charge is 2.13. The van der Waals surface area contributed by atoms with Crippen molar-refractivity contribution in [1.82, 2.24) is 4.98 Å². The highest BCUT2D eigenvalue weighted by atomic mass is 32.2. The van der Waals surface area contributed by atoms with Gasteiger partial charge < -0.3 is 14.8 Å². The quantitative estimate of drug-likeness (QED) is 0.602. The van der Waals surface area contributed by atoms with E-state index < -0.39 is 10.0 Å². The van der Waals surface area contributed by atoms with Crippen LogP contribution in [0, 0.1) is 0 Å². The Morgan fingerprint density at radius 1 is 0.929 bits per heavy atom. The van der Waals surface area contributed by atoms with Crippen LogP contribution in [-0.2, 0) is 16.6 Å². The molecule has 0 aliphatic heterocycles. The van der Waals surface area contributed by atoms with Gasteiger partial charge in [-0.1, -0.05) is 24.3 Å². The van der Waals surface area contributed by atoms with Crippen molar-refractivity contribution in [2.45, 2.75) is 11.4 Å². The number of hydrogen-bond donors (Lipinski definition) is 2. The van der Waals surface area contributed by atoms with Crippen LogP contribution in [0.4, 0.5) is 11.5 Å². The fourth-order valence-corrected chi connectivity index (χ4v) is 3.62. The van der Waals surface area contributed by atoms with E-state index in [0.717, 1.165) is 5.56 Å². The number of aromatic nitrogens is 1. The average molecular weight is 399 g/mol. The topological polar surface area (TPSA) is 89.6 Å². The van der Waals surface area contributed by atoms with Gasteiger partial charge in [0.25, 0.3) is 10.0 Å². The van der Waals surface area contributed by atoms with E-state index in [9.17, 15) is 8.42 Å². The molecule has 0 spiro atoms. The number of nitrogens with zero attached hydrogens (tertiary/aromatic N) is 1. The van der Waals surface area contributed by atoms with Crippen molar-refractivity contribution in [3.05, 3.63) is 72.4 Å². The molecule has 0 bridgehead atoms. The normalized spacial score (nSPS) is 10.9. The number of benzene rings is 2. The van der Waals surface area contributed by atoms with Gasteiger partial charge in [-0.25, -0.2) is 13.4 Å². The Morgan fingerprint density at radius 2 is 1.68 bits per heavy atom. The van der Waals surface area contributed by atoms with Crippen molar-refractivity contribution < 1.29 is 17.9 Å². The molecule has 3 aromatic rings. The predicted molar refractivity (Wildman–Crippen MR) is 108 cm³/mol. The molecule has 7 nitrogen and oxygen atoms in total. The third-order valence-electron chi connectivity index (χ3n) is 3.99. The van der Waals surface area contributed by atoms with Crippen LogP contribution >= 0.6 is 0 Å². The van der Waals surface area contributed by atoms with E-state index >= 15 is 0 Å². The van der Waals surface area contributed by atoms with E-state index in [-0.39, 0.29) is 4.90 Å². The van der Waals surface area contributed by atoms with Crippen LogP contribution in [0.2, 0.25) is 0 Å². The maximum Gasteiger partial charge on any atom is 0.261 e. The molecule has 0 aliphatic carbocycles. The Bertz CT molecular complexity index is 1020. The van der Waals surface area contributed by atoms with Gasteiger partial charge in [0, 0.05) is 6.54 Å². The molecule has 0 fully saturated rings. The highest BCUT2D eigenvalue weighted by Crippen LogP contribution is 2.27. The number of sulfonamides is 1. The molecule has 0 radical (unpaired) electrons. The first kappa shape index (κ1) is 19.5. The van der Waals surface area contributed by atoms with Crippen LogP contribution in [0.1, 0.15) is 5.56 Å². The molecule has 0 amide bonds. The molecule has 0 saturated heterocycles. The fraction of sp³-hybridized carbons (Fsp3) is 0.150. The number of pyridine rings is 1. The number of nitrogens with one attached hydrogen (secondary N) is 2. The number of ether oxygens (including phenoxy) is 2. The Hall–Kier alpha value is -3.26. The molecule has 8 heteroatoms. The Morgan fingerprint density at radius 3 is 2.32 bits per heavy atom. The average Bonchev–Trinajstić information content (AvgIpc) is 2.73. The first-order valence-corrected chi connectivity index (χ1v) is 9.99. The van der Waals surface area contributed by atoms with E-state index in [4.69, 9.17) is 9.47 Å². The summed E-state index contributed by atoms with van der Waals surface area (Å²) in [6.45, 7) is 0.530. The number of anilines is 2. The van der Waals surface area contributed by atoms with E-state index in [2.05, 4.69) is 15.0 Å². The smallest absolute Gasteiger partial charge is 0.261 e. The zero-order valence-corrected chi connectivity index (χ0v) is 16.4. The first-order valence-electron chi connectivity index (χ1n) is 8.50. The zero-order chi connectivity index (χ0) is 20.0. The molecular formula is C20H21N3O4S. The maximum atomic E-state index is 12.3. The number of hydrogen-bond acceptors (Lipinski definition) is 6. The van der Waals surface area contributed by atoms with Crippen molar-refractivity contribution in [2.75, 3.05) is 24.3 Å². The minimum Gasteiger partial charge on any atom is -0.493 e. The third kappa shape index (κ3) is 4.72. The fourth-order valence-electron chi connectivity index (χ4n) is 2.56. The highest BCUT2D eigenvalue weighted by molar-refractivity contribution is 7.92.